The first-order chi connectivity index (χ1) is 14.6. The van der Waals surface area contributed by atoms with Crippen LogP contribution in [0.4, 0.5) is 5.82 Å². The van der Waals surface area contributed by atoms with Crippen LogP contribution in [-0.4, -0.2) is 31.4 Å². The monoisotopic (exact) mass is 435 g/mol. The highest BCUT2D eigenvalue weighted by Gasteiger charge is 2.17. The molecule has 0 atom stereocenters. The number of aryl methyl sites for hydroxylation is 1. The normalized spacial score (nSPS) is 10.7. The molecule has 2 aromatic carbocycles. The van der Waals surface area contributed by atoms with E-state index in [9.17, 15) is 4.79 Å². The molecule has 0 aliphatic heterocycles. The first-order valence-corrected chi connectivity index (χ1v) is 10.6. The number of thioether (sulfide) groups is 1. The molecule has 0 spiro atoms. The third-order valence-corrected chi connectivity index (χ3v) is 5.44. The van der Waals surface area contributed by atoms with Crippen molar-refractivity contribution in [3.8, 4) is 17.1 Å². The molecule has 4 aromatic rings. The number of hydrogen-bond acceptors (Lipinski definition) is 5. The molecule has 1 N–H and O–H groups in total. The molecule has 0 fully saturated rings. The van der Waals surface area contributed by atoms with Crippen LogP contribution in [0.3, 0.4) is 0 Å². The van der Waals surface area contributed by atoms with Gasteiger partial charge in [-0.1, -0.05) is 71.4 Å². The highest BCUT2D eigenvalue weighted by Crippen LogP contribution is 2.28. The van der Waals surface area contributed by atoms with Crippen molar-refractivity contribution in [1.82, 2.24) is 19.7 Å². The van der Waals surface area contributed by atoms with Gasteiger partial charge in [0.2, 0.25) is 5.91 Å². The summed E-state index contributed by atoms with van der Waals surface area (Å²) in [5.41, 5.74) is 3.05. The highest BCUT2D eigenvalue weighted by molar-refractivity contribution is 7.99. The van der Waals surface area contributed by atoms with Crippen LogP contribution in [0.2, 0.25) is 5.02 Å². The van der Waals surface area contributed by atoms with Crippen LogP contribution in [0.5, 0.6) is 0 Å². The van der Waals surface area contributed by atoms with Gasteiger partial charge in [0.25, 0.3) is 0 Å². The van der Waals surface area contributed by atoms with Crippen LogP contribution in [-0.2, 0) is 4.79 Å². The van der Waals surface area contributed by atoms with Crippen LogP contribution in [0.1, 0.15) is 5.56 Å². The van der Waals surface area contributed by atoms with Crippen LogP contribution >= 0.6 is 23.4 Å². The molecule has 0 aliphatic rings. The quantitative estimate of drug-likeness (QED) is 0.430. The summed E-state index contributed by atoms with van der Waals surface area (Å²) >= 11 is 7.15. The van der Waals surface area contributed by atoms with E-state index in [0.29, 0.717) is 16.0 Å². The molecule has 30 heavy (non-hydrogen) atoms. The van der Waals surface area contributed by atoms with E-state index >= 15 is 0 Å². The fourth-order valence-corrected chi connectivity index (χ4v) is 3.69. The largest absolute Gasteiger partial charge is 0.310 e. The molecule has 1 amide bonds. The summed E-state index contributed by atoms with van der Waals surface area (Å²) in [5.74, 6) is 1.16. The van der Waals surface area contributed by atoms with E-state index in [1.165, 1.54) is 18.0 Å². The molecule has 4 rings (SSSR count). The molecule has 0 saturated heterocycles. The van der Waals surface area contributed by atoms with Gasteiger partial charge in [-0.2, -0.15) is 0 Å². The minimum absolute atomic E-state index is 0.170. The van der Waals surface area contributed by atoms with Crippen molar-refractivity contribution in [2.45, 2.75) is 12.1 Å². The number of hydrogen-bond donors (Lipinski definition) is 1. The number of benzene rings is 2. The molecule has 0 unspecified atom stereocenters. The topological polar surface area (TPSA) is 72.7 Å². The van der Waals surface area contributed by atoms with Crippen LogP contribution in [0.15, 0.2) is 78.1 Å². The van der Waals surface area contributed by atoms with Crippen LogP contribution in [0, 0.1) is 6.92 Å². The Morgan fingerprint density at radius 2 is 1.80 bits per heavy atom. The number of pyridine rings is 1. The van der Waals surface area contributed by atoms with Crippen molar-refractivity contribution in [2.24, 2.45) is 0 Å². The summed E-state index contributed by atoms with van der Waals surface area (Å²) in [6.07, 6.45) is 1.49. The van der Waals surface area contributed by atoms with Gasteiger partial charge in [0.15, 0.2) is 11.0 Å². The lowest BCUT2D eigenvalue weighted by Crippen LogP contribution is -2.15. The molecule has 8 heteroatoms. The lowest BCUT2D eigenvalue weighted by Gasteiger charge is -2.11. The van der Waals surface area contributed by atoms with E-state index in [1.54, 1.807) is 12.1 Å². The molecule has 6 nitrogen and oxygen atoms in total. The van der Waals surface area contributed by atoms with Gasteiger partial charge in [-0.25, -0.2) is 4.98 Å². The number of aromatic nitrogens is 4. The lowest BCUT2D eigenvalue weighted by molar-refractivity contribution is -0.113. The second kappa shape index (κ2) is 9.11. The molecule has 0 saturated carbocycles. The second-order valence-corrected chi connectivity index (χ2v) is 7.92. The van der Waals surface area contributed by atoms with E-state index < -0.39 is 0 Å². The zero-order valence-electron chi connectivity index (χ0n) is 16.1. The van der Waals surface area contributed by atoms with E-state index in [-0.39, 0.29) is 11.7 Å². The Bertz CT molecular complexity index is 1140. The van der Waals surface area contributed by atoms with Gasteiger partial charge >= 0.3 is 0 Å². The van der Waals surface area contributed by atoms with Crippen molar-refractivity contribution >= 4 is 35.1 Å². The molecule has 150 valence electrons. The van der Waals surface area contributed by atoms with E-state index in [0.717, 1.165) is 22.6 Å². The van der Waals surface area contributed by atoms with Crippen molar-refractivity contribution in [3.05, 3.63) is 83.5 Å². The number of anilines is 1. The Morgan fingerprint density at radius 1 is 1.03 bits per heavy atom. The Balaban J connectivity index is 1.58. The smallest absolute Gasteiger partial charge is 0.236 e. The van der Waals surface area contributed by atoms with Gasteiger partial charge in [-0.05, 0) is 31.2 Å². The summed E-state index contributed by atoms with van der Waals surface area (Å²) < 4.78 is 1.97. The third kappa shape index (κ3) is 4.69. The van der Waals surface area contributed by atoms with Crippen molar-refractivity contribution in [3.63, 3.8) is 0 Å². The molecule has 0 radical (unpaired) electrons. The number of rotatable bonds is 6. The standard InChI is InChI=1S/C22H18ClN5OS/c1-15-7-10-18(11-8-15)28-21(16-5-3-2-4-6-16)26-27-22(28)30-14-20(29)25-19-12-9-17(23)13-24-19/h2-13H,14H2,1H3,(H,24,25,29). The number of carbonyl (C=O) groups is 1. The number of halogens is 1. The summed E-state index contributed by atoms with van der Waals surface area (Å²) in [5, 5.41) is 12.6. The number of carbonyl (C=O) groups excluding carboxylic acids is 1. The minimum Gasteiger partial charge on any atom is -0.310 e. The average Bonchev–Trinajstić information content (AvgIpc) is 3.19. The summed E-state index contributed by atoms with van der Waals surface area (Å²) in [6.45, 7) is 2.04. The van der Waals surface area contributed by atoms with E-state index in [4.69, 9.17) is 11.6 Å². The Morgan fingerprint density at radius 3 is 2.50 bits per heavy atom. The SMILES string of the molecule is Cc1ccc(-n2c(SCC(=O)Nc3ccc(Cl)cn3)nnc2-c2ccccc2)cc1. The van der Waals surface area contributed by atoms with Crippen molar-refractivity contribution in [2.75, 3.05) is 11.1 Å². The predicted molar refractivity (Wildman–Crippen MR) is 120 cm³/mol. The second-order valence-electron chi connectivity index (χ2n) is 6.54. The van der Waals surface area contributed by atoms with Gasteiger partial charge in [0, 0.05) is 17.4 Å². The fraction of sp³-hybridized carbons (Fsp3) is 0.0909. The maximum Gasteiger partial charge on any atom is 0.236 e. The first kappa shape index (κ1) is 20.1. The van der Waals surface area contributed by atoms with Crippen molar-refractivity contribution in [1.29, 1.82) is 0 Å². The minimum atomic E-state index is -0.186. The average molecular weight is 436 g/mol. The summed E-state index contributed by atoms with van der Waals surface area (Å²) in [4.78, 5) is 16.5. The van der Waals surface area contributed by atoms with Crippen LogP contribution in [0.25, 0.3) is 17.1 Å². The van der Waals surface area contributed by atoms with E-state index in [2.05, 4.69) is 20.5 Å². The van der Waals surface area contributed by atoms with E-state index in [1.807, 2.05) is 66.1 Å². The Kier molecular flexibility index (Phi) is 6.11. The molecule has 2 heterocycles. The molecule has 0 aliphatic carbocycles. The van der Waals surface area contributed by atoms with Crippen LogP contribution < -0.4 is 5.32 Å². The summed E-state index contributed by atoms with van der Waals surface area (Å²) in [7, 11) is 0. The van der Waals surface area contributed by atoms with Gasteiger partial charge < -0.3 is 5.32 Å². The summed E-state index contributed by atoms with van der Waals surface area (Å²) in [6, 6.07) is 21.3. The maximum atomic E-state index is 12.4. The van der Waals surface area contributed by atoms with Gasteiger partial charge in [0.05, 0.1) is 10.8 Å². The molecular formula is C22H18ClN5OS. The highest BCUT2D eigenvalue weighted by atomic mass is 35.5. The van der Waals surface area contributed by atoms with Crippen molar-refractivity contribution < 1.29 is 4.79 Å². The molecular weight excluding hydrogens is 418 g/mol. The molecule has 0 bridgehead atoms. The van der Waals surface area contributed by atoms with Gasteiger partial charge in [-0.3, -0.25) is 9.36 Å². The Hall–Kier alpha value is -3.16. The maximum absolute atomic E-state index is 12.4. The predicted octanol–water partition coefficient (Wildman–Crippen LogP) is 5.02. The number of nitrogens with one attached hydrogen (secondary N) is 1. The number of amides is 1. The Labute approximate surface area is 183 Å². The lowest BCUT2D eigenvalue weighted by atomic mass is 10.2. The van der Waals surface area contributed by atoms with Gasteiger partial charge in [0.1, 0.15) is 5.82 Å². The fourth-order valence-electron chi connectivity index (χ4n) is 2.82. The van der Waals surface area contributed by atoms with Gasteiger partial charge in [-0.15, -0.1) is 10.2 Å². The third-order valence-electron chi connectivity index (χ3n) is 4.28. The zero-order chi connectivity index (χ0) is 20.9. The first-order valence-electron chi connectivity index (χ1n) is 9.22. The number of nitrogens with zero attached hydrogens (tertiary/aromatic N) is 4. The molecule has 2 aromatic heterocycles. The zero-order valence-corrected chi connectivity index (χ0v) is 17.7.